The third-order valence-electron chi connectivity index (χ3n) is 4.07. The summed E-state index contributed by atoms with van der Waals surface area (Å²) in [4.78, 5) is 14.2. The van der Waals surface area contributed by atoms with Gasteiger partial charge in [0.1, 0.15) is 0 Å². The van der Waals surface area contributed by atoms with Crippen molar-refractivity contribution in [2.24, 2.45) is 0 Å². The zero-order valence-corrected chi connectivity index (χ0v) is 12.8. The summed E-state index contributed by atoms with van der Waals surface area (Å²) < 4.78 is 0. The number of anilines is 1. The van der Waals surface area contributed by atoms with E-state index in [0.29, 0.717) is 17.6 Å². The van der Waals surface area contributed by atoms with Crippen LogP contribution in [0.1, 0.15) is 38.5 Å². The molecule has 110 valence electrons. The van der Waals surface area contributed by atoms with Crippen molar-refractivity contribution in [2.45, 2.75) is 44.6 Å². The average Bonchev–Trinajstić information content (AvgIpc) is 2.74. The van der Waals surface area contributed by atoms with Crippen molar-refractivity contribution >= 4 is 23.2 Å². The van der Waals surface area contributed by atoms with Gasteiger partial charge >= 0.3 is 0 Å². The van der Waals surface area contributed by atoms with Gasteiger partial charge in [-0.25, -0.2) is 0 Å². The van der Waals surface area contributed by atoms with Gasteiger partial charge in [-0.1, -0.05) is 49.4 Å². The van der Waals surface area contributed by atoms with Crippen molar-refractivity contribution in [2.75, 3.05) is 18.9 Å². The molecule has 4 heteroatoms. The predicted molar refractivity (Wildman–Crippen MR) is 84.2 cm³/mol. The third kappa shape index (κ3) is 4.14. The van der Waals surface area contributed by atoms with Crippen LogP contribution in [0.25, 0.3) is 0 Å². The lowest BCUT2D eigenvalue weighted by molar-refractivity contribution is -0.130. The van der Waals surface area contributed by atoms with Crippen LogP contribution in [0.2, 0.25) is 5.02 Å². The number of hydrogen-bond donors (Lipinski definition) is 1. The van der Waals surface area contributed by atoms with E-state index in [-0.39, 0.29) is 5.91 Å². The molecule has 0 aliphatic heterocycles. The summed E-state index contributed by atoms with van der Waals surface area (Å²) in [5.41, 5.74) is 0.816. The van der Waals surface area contributed by atoms with E-state index < -0.39 is 0 Å². The van der Waals surface area contributed by atoms with Crippen LogP contribution in [0.3, 0.4) is 0 Å². The minimum Gasteiger partial charge on any atom is -0.375 e. The second-order valence-electron chi connectivity index (χ2n) is 5.48. The molecule has 0 spiro atoms. The number of nitrogens with zero attached hydrogens (tertiary/aromatic N) is 1. The van der Waals surface area contributed by atoms with E-state index in [1.54, 1.807) is 0 Å². The minimum atomic E-state index is 0.136. The number of para-hydroxylation sites is 1. The molecule has 1 N–H and O–H groups in total. The molecule has 1 aromatic carbocycles. The highest BCUT2D eigenvalue weighted by atomic mass is 35.5. The second-order valence-corrected chi connectivity index (χ2v) is 5.89. The SMILES string of the molecule is CN(C(=O)CNc1ccccc1Cl)C1CCCCCC1. The number of hydrogen-bond acceptors (Lipinski definition) is 2. The molecule has 0 radical (unpaired) electrons. The van der Waals surface area contributed by atoms with E-state index >= 15 is 0 Å². The monoisotopic (exact) mass is 294 g/mol. The van der Waals surface area contributed by atoms with Gasteiger partial charge in [0.25, 0.3) is 0 Å². The Kier molecular flexibility index (Phi) is 5.72. The Hall–Kier alpha value is -1.22. The molecule has 1 amide bonds. The molecule has 0 aromatic heterocycles. The smallest absolute Gasteiger partial charge is 0.241 e. The Bertz CT molecular complexity index is 442. The second kappa shape index (κ2) is 7.53. The number of benzene rings is 1. The molecule has 0 atom stereocenters. The summed E-state index contributed by atoms with van der Waals surface area (Å²) in [7, 11) is 1.92. The Morgan fingerprint density at radius 1 is 1.25 bits per heavy atom. The standard InChI is InChI=1S/C16H23ClN2O/c1-19(13-8-4-2-3-5-9-13)16(20)12-18-15-11-7-6-10-14(15)17/h6-7,10-11,13,18H,2-5,8-9,12H2,1H3. The van der Waals surface area contributed by atoms with Crippen LogP contribution >= 0.6 is 11.6 Å². The van der Waals surface area contributed by atoms with Gasteiger partial charge in [0.2, 0.25) is 5.91 Å². The topological polar surface area (TPSA) is 32.3 Å². The van der Waals surface area contributed by atoms with Crippen molar-refractivity contribution < 1.29 is 4.79 Å². The molecule has 1 saturated carbocycles. The zero-order valence-electron chi connectivity index (χ0n) is 12.1. The van der Waals surface area contributed by atoms with Crippen molar-refractivity contribution in [1.29, 1.82) is 0 Å². The van der Waals surface area contributed by atoms with E-state index in [4.69, 9.17) is 11.6 Å². The van der Waals surface area contributed by atoms with Crippen LogP contribution in [-0.4, -0.2) is 30.4 Å². The van der Waals surface area contributed by atoms with Crippen LogP contribution < -0.4 is 5.32 Å². The highest BCUT2D eigenvalue weighted by Crippen LogP contribution is 2.22. The first-order chi connectivity index (χ1) is 9.68. The summed E-state index contributed by atoms with van der Waals surface area (Å²) in [6.07, 6.45) is 7.34. The van der Waals surface area contributed by atoms with Crippen LogP contribution in [-0.2, 0) is 4.79 Å². The summed E-state index contributed by atoms with van der Waals surface area (Å²) in [5.74, 6) is 0.136. The van der Waals surface area contributed by atoms with Gasteiger partial charge in [0.15, 0.2) is 0 Å². The van der Waals surface area contributed by atoms with E-state index in [0.717, 1.165) is 18.5 Å². The van der Waals surface area contributed by atoms with Gasteiger partial charge < -0.3 is 10.2 Å². The predicted octanol–water partition coefficient (Wildman–Crippen LogP) is 3.93. The number of carbonyl (C=O) groups is 1. The highest BCUT2D eigenvalue weighted by molar-refractivity contribution is 6.33. The van der Waals surface area contributed by atoms with Crippen LogP contribution in [0.4, 0.5) is 5.69 Å². The molecule has 1 aliphatic rings. The lowest BCUT2D eigenvalue weighted by atomic mass is 10.1. The molecule has 0 unspecified atom stereocenters. The van der Waals surface area contributed by atoms with Gasteiger partial charge in [-0.2, -0.15) is 0 Å². The van der Waals surface area contributed by atoms with Crippen molar-refractivity contribution in [3.63, 3.8) is 0 Å². The molecule has 0 heterocycles. The lowest BCUT2D eigenvalue weighted by Gasteiger charge is -2.27. The summed E-state index contributed by atoms with van der Waals surface area (Å²) in [6.45, 7) is 0.302. The van der Waals surface area contributed by atoms with Crippen molar-refractivity contribution in [3.8, 4) is 0 Å². The van der Waals surface area contributed by atoms with Gasteiger partial charge in [0, 0.05) is 13.1 Å². The summed E-state index contributed by atoms with van der Waals surface area (Å²) in [6, 6.07) is 7.91. The molecule has 2 rings (SSSR count). The minimum absolute atomic E-state index is 0.136. The maximum atomic E-state index is 12.3. The molecule has 0 saturated heterocycles. The number of halogens is 1. The van der Waals surface area contributed by atoms with Gasteiger partial charge in [0.05, 0.1) is 17.3 Å². The molecule has 20 heavy (non-hydrogen) atoms. The number of amides is 1. The van der Waals surface area contributed by atoms with Crippen LogP contribution in [0, 0.1) is 0 Å². The molecule has 1 fully saturated rings. The number of carbonyl (C=O) groups excluding carboxylic acids is 1. The molecule has 1 aromatic rings. The molecule has 0 bridgehead atoms. The van der Waals surface area contributed by atoms with E-state index in [1.807, 2.05) is 36.2 Å². The van der Waals surface area contributed by atoms with E-state index in [9.17, 15) is 4.79 Å². The van der Waals surface area contributed by atoms with Gasteiger partial charge in [-0.05, 0) is 25.0 Å². The third-order valence-corrected chi connectivity index (χ3v) is 4.40. The number of likely N-dealkylation sites (N-methyl/N-ethyl adjacent to an activating group) is 1. The summed E-state index contributed by atoms with van der Waals surface area (Å²) >= 11 is 6.07. The Morgan fingerprint density at radius 2 is 1.90 bits per heavy atom. The van der Waals surface area contributed by atoms with Crippen molar-refractivity contribution in [3.05, 3.63) is 29.3 Å². The largest absolute Gasteiger partial charge is 0.375 e. The zero-order chi connectivity index (χ0) is 14.4. The first-order valence-corrected chi connectivity index (χ1v) is 7.80. The Labute approximate surface area is 126 Å². The first kappa shape index (κ1) is 15.2. The van der Waals surface area contributed by atoms with Crippen LogP contribution in [0.15, 0.2) is 24.3 Å². The van der Waals surface area contributed by atoms with E-state index in [2.05, 4.69) is 5.32 Å². The lowest BCUT2D eigenvalue weighted by Crippen LogP contribution is -2.40. The quantitative estimate of drug-likeness (QED) is 0.853. The first-order valence-electron chi connectivity index (χ1n) is 7.42. The molecular weight excluding hydrogens is 272 g/mol. The van der Waals surface area contributed by atoms with Gasteiger partial charge in [-0.3, -0.25) is 4.79 Å². The average molecular weight is 295 g/mol. The molecule has 1 aliphatic carbocycles. The highest BCUT2D eigenvalue weighted by Gasteiger charge is 2.20. The van der Waals surface area contributed by atoms with Crippen molar-refractivity contribution in [1.82, 2.24) is 4.90 Å². The molecular formula is C16H23ClN2O. The van der Waals surface area contributed by atoms with E-state index in [1.165, 1.54) is 25.7 Å². The fraction of sp³-hybridized carbons (Fsp3) is 0.562. The fourth-order valence-corrected chi connectivity index (χ4v) is 2.95. The summed E-state index contributed by atoms with van der Waals surface area (Å²) in [5, 5.41) is 3.78. The number of rotatable bonds is 4. The number of nitrogens with one attached hydrogen (secondary N) is 1. The molecule has 3 nitrogen and oxygen atoms in total. The Balaban J connectivity index is 1.86. The maximum Gasteiger partial charge on any atom is 0.241 e. The normalized spacial score (nSPS) is 16.5. The Morgan fingerprint density at radius 3 is 2.55 bits per heavy atom. The fourth-order valence-electron chi connectivity index (χ4n) is 2.75. The van der Waals surface area contributed by atoms with Gasteiger partial charge in [-0.15, -0.1) is 0 Å². The maximum absolute atomic E-state index is 12.3. The van der Waals surface area contributed by atoms with Crippen LogP contribution in [0.5, 0.6) is 0 Å².